The number of nitrogens with one attached hydrogen (secondary N) is 1. The first-order chi connectivity index (χ1) is 14.8. The topological polar surface area (TPSA) is 82.2 Å². The molecule has 10 heteroatoms. The summed E-state index contributed by atoms with van der Waals surface area (Å²) in [5.74, 6) is -0.146. The molecular weight excluding hydrogens is 489 g/mol. The summed E-state index contributed by atoms with van der Waals surface area (Å²) >= 11 is 3.46. The van der Waals surface area contributed by atoms with E-state index in [0.29, 0.717) is 27.2 Å². The van der Waals surface area contributed by atoms with Gasteiger partial charge >= 0.3 is 6.18 Å². The molecule has 0 aliphatic heterocycles. The number of anilines is 1. The zero-order valence-corrected chi connectivity index (χ0v) is 19.2. The lowest BCUT2D eigenvalue weighted by atomic mass is 10.1. The van der Waals surface area contributed by atoms with Crippen LogP contribution in [-0.2, 0) is 13.2 Å². The first-order valence-electron chi connectivity index (χ1n) is 9.57. The number of aromatic nitrogens is 2. The largest absolute Gasteiger partial charge is 0.491 e. The molecule has 1 amide bonds. The van der Waals surface area contributed by atoms with Gasteiger partial charge in [0.15, 0.2) is 0 Å². The van der Waals surface area contributed by atoms with Gasteiger partial charge in [0.2, 0.25) is 0 Å². The molecule has 0 atom stereocenters. The van der Waals surface area contributed by atoms with Gasteiger partial charge < -0.3 is 15.8 Å². The number of benzene rings is 2. The number of carbonyl (C=O) groups is 1. The van der Waals surface area contributed by atoms with Crippen LogP contribution in [0.25, 0.3) is 11.3 Å². The lowest BCUT2D eigenvalue weighted by molar-refractivity contribution is -0.137. The van der Waals surface area contributed by atoms with E-state index in [-0.39, 0.29) is 12.2 Å². The summed E-state index contributed by atoms with van der Waals surface area (Å²) in [4.78, 5) is 12.6. The molecule has 0 saturated heterocycles. The predicted octanol–water partition coefficient (Wildman–Crippen LogP) is 5.24. The average molecular weight is 511 g/mol. The minimum Gasteiger partial charge on any atom is -0.491 e. The number of carbonyl (C=O) groups excluding carboxylic acids is 1. The third-order valence-electron chi connectivity index (χ3n) is 4.44. The van der Waals surface area contributed by atoms with E-state index in [1.165, 1.54) is 12.1 Å². The van der Waals surface area contributed by atoms with Gasteiger partial charge in [0, 0.05) is 29.4 Å². The van der Waals surface area contributed by atoms with Crippen LogP contribution in [0.2, 0.25) is 0 Å². The number of hydrogen-bond acceptors (Lipinski definition) is 4. The maximum absolute atomic E-state index is 13.0. The number of alkyl halides is 3. The molecule has 0 bridgehead atoms. The molecule has 6 nitrogen and oxygen atoms in total. The third kappa shape index (κ3) is 5.68. The van der Waals surface area contributed by atoms with Crippen LogP contribution in [0.15, 0.2) is 53.1 Å². The maximum Gasteiger partial charge on any atom is 0.416 e. The first kappa shape index (κ1) is 23.8. The van der Waals surface area contributed by atoms with E-state index >= 15 is 0 Å². The second-order valence-corrected chi connectivity index (χ2v) is 8.84. The fourth-order valence-corrected chi connectivity index (χ4v) is 3.50. The van der Waals surface area contributed by atoms with Gasteiger partial charge in [-0.25, -0.2) is 0 Å². The number of ether oxygens (including phenoxy) is 1. The van der Waals surface area contributed by atoms with Crippen molar-refractivity contribution in [3.05, 3.63) is 64.3 Å². The van der Waals surface area contributed by atoms with Crippen LogP contribution in [0.4, 0.5) is 18.9 Å². The standard InChI is InChI=1S/C22H22BrF3N4O2/c1-21(2,27)12-32-18-8-7-15(10-16(18)19-17(23)11-28-30(19)3)29-20(31)13-5-4-6-14(9-13)22(24,25)26/h4-11H,12,27H2,1-3H3,(H,29,31). The normalized spacial score (nSPS) is 12.0. The number of hydrogen-bond donors (Lipinski definition) is 2. The van der Waals surface area contributed by atoms with Crippen LogP contribution in [0.1, 0.15) is 29.8 Å². The smallest absolute Gasteiger partial charge is 0.416 e. The van der Waals surface area contributed by atoms with Crippen molar-refractivity contribution in [1.82, 2.24) is 9.78 Å². The molecular formula is C22H22BrF3N4O2. The van der Waals surface area contributed by atoms with E-state index in [9.17, 15) is 18.0 Å². The van der Waals surface area contributed by atoms with Gasteiger partial charge in [0.05, 0.1) is 21.9 Å². The van der Waals surface area contributed by atoms with E-state index in [0.717, 1.165) is 12.1 Å². The molecule has 0 aliphatic rings. The Kier molecular flexibility index (Phi) is 6.66. The molecule has 1 heterocycles. The Morgan fingerprint density at radius 2 is 1.94 bits per heavy atom. The van der Waals surface area contributed by atoms with Crippen LogP contribution in [0, 0.1) is 0 Å². The Labute approximate surface area is 191 Å². The third-order valence-corrected chi connectivity index (χ3v) is 5.02. The van der Waals surface area contributed by atoms with Crippen molar-refractivity contribution >= 4 is 27.5 Å². The molecule has 0 unspecified atom stereocenters. The van der Waals surface area contributed by atoms with Crippen molar-refractivity contribution < 1.29 is 22.7 Å². The van der Waals surface area contributed by atoms with Gasteiger partial charge in [0.25, 0.3) is 5.91 Å². The Bertz CT molecular complexity index is 1120. The zero-order chi connectivity index (χ0) is 23.7. The summed E-state index contributed by atoms with van der Waals surface area (Å²) in [7, 11) is 1.75. The van der Waals surface area contributed by atoms with Crippen LogP contribution in [0.3, 0.4) is 0 Å². The van der Waals surface area contributed by atoms with Crippen LogP contribution < -0.4 is 15.8 Å². The van der Waals surface area contributed by atoms with E-state index < -0.39 is 23.2 Å². The minimum absolute atomic E-state index is 0.103. The van der Waals surface area contributed by atoms with Gasteiger partial charge in [0.1, 0.15) is 12.4 Å². The van der Waals surface area contributed by atoms with Gasteiger partial charge in [-0.2, -0.15) is 18.3 Å². The molecule has 170 valence electrons. The number of rotatable bonds is 6. The van der Waals surface area contributed by atoms with Crippen LogP contribution >= 0.6 is 15.9 Å². The molecule has 32 heavy (non-hydrogen) atoms. The average Bonchev–Trinajstić information content (AvgIpc) is 3.03. The van der Waals surface area contributed by atoms with Gasteiger partial charge in [-0.1, -0.05) is 6.07 Å². The SMILES string of the molecule is Cn1ncc(Br)c1-c1cc(NC(=O)c2cccc(C(F)(F)F)c2)ccc1OCC(C)(C)N. The molecule has 3 N–H and O–H groups in total. The Morgan fingerprint density at radius 1 is 1.22 bits per heavy atom. The Balaban J connectivity index is 1.94. The molecule has 0 aliphatic carbocycles. The molecule has 0 saturated carbocycles. The van der Waals surface area contributed by atoms with Crippen molar-refractivity contribution in [2.75, 3.05) is 11.9 Å². The highest BCUT2D eigenvalue weighted by atomic mass is 79.9. The maximum atomic E-state index is 13.0. The highest BCUT2D eigenvalue weighted by Gasteiger charge is 2.31. The Hall–Kier alpha value is -2.85. The second kappa shape index (κ2) is 8.95. The second-order valence-electron chi connectivity index (χ2n) is 7.99. The highest BCUT2D eigenvalue weighted by molar-refractivity contribution is 9.10. The summed E-state index contributed by atoms with van der Waals surface area (Å²) in [5.41, 5.74) is 6.17. The lowest BCUT2D eigenvalue weighted by Gasteiger charge is -2.21. The van der Waals surface area contributed by atoms with E-state index in [4.69, 9.17) is 10.5 Å². The predicted molar refractivity (Wildman–Crippen MR) is 120 cm³/mol. The highest BCUT2D eigenvalue weighted by Crippen LogP contribution is 2.37. The molecule has 0 spiro atoms. The van der Waals surface area contributed by atoms with E-state index in [1.54, 1.807) is 36.1 Å². The van der Waals surface area contributed by atoms with Gasteiger partial charge in [-0.3, -0.25) is 9.48 Å². The molecule has 2 aromatic carbocycles. The summed E-state index contributed by atoms with van der Waals surface area (Å²) in [6, 6.07) is 9.20. The van der Waals surface area contributed by atoms with Crippen molar-refractivity contribution in [2.24, 2.45) is 12.8 Å². The number of halogens is 4. The fourth-order valence-electron chi connectivity index (χ4n) is 2.94. The van der Waals surface area contributed by atoms with Crippen molar-refractivity contribution in [3.63, 3.8) is 0 Å². The summed E-state index contributed by atoms with van der Waals surface area (Å²) in [6.45, 7) is 3.90. The quantitative estimate of drug-likeness (QED) is 0.475. The van der Waals surface area contributed by atoms with E-state index in [1.807, 2.05) is 13.8 Å². The molecule has 3 rings (SSSR count). The molecule has 1 aromatic heterocycles. The summed E-state index contributed by atoms with van der Waals surface area (Å²) in [5, 5.41) is 6.86. The number of nitrogens with two attached hydrogens (primary N) is 1. The lowest BCUT2D eigenvalue weighted by Crippen LogP contribution is -2.38. The molecule has 0 radical (unpaired) electrons. The van der Waals surface area contributed by atoms with Crippen LogP contribution in [-0.4, -0.2) is 27.8 Å². The van der Waals surface area contributed by atoms with Crippen molar-refractivity contribution in [2.45, 2.75) is 25.6 Å². The number of nitrogens with zero attached hydrogens (tertiary/aromatic N) is 2. The minimum atomic E-state index is -4.54. The van der Waals surface area contributed by atoms with E-state index in [2.05, 4.69) is 26.3 Å². The van der Waals surface area contributed by atoms with Gasteiger partial charge in [-0.15, -0.1) is 0 Å². The first-order valence-corrected chi connectivity index (χ1v) is 10.4. The Morgan fingerprint density at radius 3 is 2.53 bits per heavy atom. The number of amides is 1. The molecule has 3 aromatic rings. The summed E-state index contributed by atoms with van der Waals surface area (Å²) in [6.07, 6.45) is -2.91. The fraction of sp³-hybridized carbons (Fsp3) is 0.273. The monoisotopic (exact) mass is 510 g/mol. The zero-order valence-electron chi connectivity index (χ0n) is 17.6. The van der Waals surface area contributed by atoms with Crippen LogP contribution in [0.5, 0.6) is 5.75 Å². The van der Waals surface area contributed by atoms with Crippen molar-refractivity contribution in [3.8, 4) is 17.0 Å². The molecule has 0 fully saturated rings. The van der Waals surface area contributed by atoms with Gasteiger partial charge in [-0.05, 0) is 66.2 Å². The number of aryl methyl sites for hydroxylation is 1. The van der Waals surface area contributed by atoms with Crippen molar-refractivity contribution in [1.29, 1.82) is 0 Å². The summed E-state index contributed by atoms with van der Waals surface area (Å²) < 4.78 is 47.2.